The van der Waals surface area contributed by atoms with Gasteiger partial charge in [0.1, 0.15) is 17.4 Å². The number of rotatable bonds is 2. The molecule has 2 N–H and O–H groups in total. The Kier molecular flexibility index (Phi) is 4.06. The number of anilines is 1. The minimum absolute atomic E-state index is 0.0605. The van der Waals surface area contributed by atoms with Crippen molar-refractivity contribution in [1.82, 2.24) is 0 Å². The van der Waals surface area contributed by atoms with Crippen molar-refractivity contribution in [3.63, 3.8) is 0 Å². The largest absolute Gasteiger partial charge is 0.495 e. The first kappa shape index (κ1) is 13.0. The summed E-state index contributed by atoms with van der Waals surface area (Å²) in [7, 11) is 1.37. The second kappa shape index (κ2) is 5.32. The molecule has 0 aliphatic heterocycles. The number of methoxy groups -OCH3 is 1. The quantitative estimate of drug-likeness (QED) is 0.803. The van der Waals surface area contributed by atoms with Crippen LogP contribution in [0.25, 0.3) is 0 Å². The number of hydrogen-bond acceptors (Lipinski definition) is 4. The van der Waals surface area contributed by atoms with E-state index in [1.807, 2.05) is 6.07 Å². The number of halogens is 1. The van der Waals surface area contributed by atoms with E-state index in [9.17, 15) is 9.59 Å². The van der Waals surface area contributed by atoms with Crippen LogP contribution in [0.5, 0.6) is 5.75 Å². The summed E-state index contributed by atoms with van der Waals surface area (Å²) in [6.07, 6.45) is 0. The van der Waals surface area contributed by atoms with E-state index in [1.165, 1.54) is 19.2 Å². The summed E-state index contributed by atoms with van der Waals surface area (Å²) in [5.74, 6) is -2.61. The van der Waals surface area contributed by atoms with Crippen LogP contribution in [0.2, 0.25) is 0 Å². The molecule has 0 aliphatic carbocycles. The van der Waals surface area contributed by atoms with Crippen LogP contribution in [-0.2, 0) is 9.59 Å². The molecule has 0 atom stereocenters. The summed E-state index contributed by atoms with van der Waals surface area (Å²) in [4.78, 5) is 21.4. The second-order valence-corrected chi connectivity index (χ2v) is 3.82. The molecule has 0 aromatic heterocycles. The molecule has 1 amide bonds. The predicted molar refractivity (Wildman–Crippen MR) is 61.7 cm³/mol. The lowest BCUT2D eigenvalue weighted by Gasteiger charge is -2.09. The molecule has 0 radical (unpaired) electrons. The number of benzene rings is 1. The Morgan fingerprint density at radius 3 is 2.65 bits per heavy atom. The third-order valence-electron chi connectivity index (χ3n) is 1.84. The summed E-state index contributed by atoms with van der Waals surface area (Å²) in [6, 6.07) is 4.79. The number of carboxylic acid groups (broad SMARTS) is 1. The first-order chi connectivity index (χ1) is 7.99. The van der Waals surface area contributed by atoms with Crippen molar-refractivity contribution < 1.29 is 19.4 Å². The van der Waals surface area contributed by atoms with Crippen LogP contribution in [0.3, 0.4) is 0 Å². The molecule has 6 nitrogen and oxygen atoms in total. The SMILES string of the molecule is COc1cc(Br)cc(NC(=O)C(=O)O)c1C#N. The molecule has 0 saturated carbocycles. The highest BCUT2D eigenvalue weighted by atomic mass is 79.9. The molecule has 1 aromatic carbocycles. The summed E-state index contributed by atoms with van der Waals surface area (Å²) in [5, 5.41) is 19.5. The van der Waals surface area contributed by atoms with Gasteiger partial charge >= 0.3 is 11.9 Å². The smallest absolute Gasteiger partial charge is 0.394 e. The van der Waals surface area contributed by atoms with E-state index >= 15 is 0 Å². The average molecular weight is 299 g/mol. The second-order valence-electron chi connectivity index (χ2n) is 2.90. The van der Waals surface area contributed by atoms with Crippen molar-refractivity contribution in [3.05, 3.63) is 22.2 Å². The third kappa shape index (κ3) is 2.95. The Hall–Kier alpha value is -2.07. The van der Waals surface area contributed by atoms with Gasteiger partial charge in [-0.3, -0.25) is 4.79 Å². The van der Waals surface area contributed by atoms with Crippen molar-refractivity contribution in [2.45, 2.75) is 0 Å². The number of hydrogen-bond donors (Lipinski definition) is 2. The number of carbonyl (C=O) groups excluding carboxylic acids is 1. The van der Waals surface area contributed by atoms with Gasteiger partial charge < -0.3 is 15.2 Å². The molecule has 88 valence electrons. The summed E-state index contributed by atoms with van der Waals surface area (Å²) >= 11 is 3.16. The van der Waals surface area contributed by atoms with Crippen molar-refractivity contribution in [1.29, 1.82) is 5.26 Å². The molecule has 0 fully saturated rings. The van der Waals surface area contributed by atoms with E-state index < -0.39 is 11.9 Å². The van der Waals surface area contributed by atoms with Gasteiger partial charge in [0.25, 0.3) is 0 Å². The van der Waals surface area contributed by atoms with E-state index in [2.05, 4.69) is 21.2 Å². The zero-order valence-corrected chi connectivity index (χ0v) is 10.2. The number of aliphatic carboxylic acids is 1. The lowest BCUT2D eigenvalue weighted by Crippen LogP contribution is -2.22. The Bertz CT molecular complexity index is 522. The zero-order chi connectivity index (χ0) is 13.0. The molecule has 7 heteroatoms. The Morgan fingerprint density at radius 2 is 2.18 bits per heavy atom. The van der Waals surface area contributed by atoms with Crippen LogP contribution in [0, 0.1) is 11.3 Å². The van der Waals surface area contributed by atoms with Crippen LogP contribution in [-0.4, -0.2) is 24.1 Å². The normalized spacial score (nSPS) is 9.24. The molecule has 0 unspecified atom stereocenters. The molecule has 0 saturated heterocycles. The zero-order valence-electron chi connectivity index (χ0n) is 8.65. The standard InChI is InChI=1S/C10H7BrN2O4/c1-17-8-3-5(11)2-7(6(8)4-12)13-9(14)10(15)16/h2-3H,1H3,(H,13,14)(H,15,16). The summed E-state index contributed by atoms with van der Waals surface area (Å²) in [5.41, 5.74) is 0.136. The van der Waals surface area contributed by atoms with E-state index in [-0.39, 0.29) is 17.0 Å². The van der Waals surface area contributed by atoms with Crippen LogP contribution in [0.15, 0.2) is 16.6 Å². The average Bonchev–Trinajstić information content (AvgIpc) is 2.27. The highest BCUT2D eigenvalue weighted by molar-refractivity contribution is 9.10. The summed E-state index contributed by atoms with van der Waals surface area (Å²) < 4.78 is 5.50. The molecule has 0 heterocycles. The van der Waals surface area contributed by atoms with Crippen molar-refractivity contribution >= 4 is 33.5 Å². The van der Waals surface area contributed by atoms with E-state index in [1.54, 1.807) is 0 Å². The van der Waals surface area contributed by atoms with Gasteiger partial charge in [-0.2, -0.15) is 5.26 Å². The molecule has 17 heavy (non-hydrogen) atoms. The maximum atomic E-state index is 11.0. The Morgan fingerprint density at radius 1 is 1.53 bits per heavy atom. The van der Waals surface area contributed by atoms with Gasteiger partial charge in [0.15, 0.2) is 0 Å². The van der Waals surface area contributed by atoms with Crippen molar-refractivity contribution in [2.24, 2.45) is 0 Å². The number of carboxylic acids is 1. The Balaban J connectivity index is 3.23. The van der Waals surface area contributed by atoms with Gasteiger partial charge in [-0.1, -0.05) is 15.9 Å². The van der Waals surface area contributed by atoms with Gasteiger partial charge in [-0.15, -0.1) is 0 Å². The topological polar surface area (TPSA) is 99.4 Å². The first-order valence-corrected chi connectivity index (χ1v) is 5.10. The maximum absolute atomic E-state index is 11.0. The van der Waals surface area contributed by atoms with E-state index in [0.29, 0.717) is 4.47 Å². The molecular formula is C10H7BrN2O4. The van der Waals surface area contributed by atoms with Crippen LogP contribution < -0.4 is 10.1 Å². The molecule has 0 aliphatic rings. The number of nitrogens with one attached hydrogen (secondary N) is 1. The number of nitrogens with zero attached hydrogens (tertiary/aromatic N) is 1. The number of nitriles is 1. The van der Waals surface area contributed by atoms with Crippen molar-refractivity contribution in [2.75, 3.05) is 12.4 Å². The van der Waals surface area contributed by atoms with Gasteiger partial charge in [0.05, 0.1) is 12.8 Å². The fraction of sp³-hybridized carbons (Fsp3) is 0.100. The number of carbonyl (C=O) groups is 2. The maximum Gasteiger partial charge on any atom is 0.394 e. The van der Waals surface area contributed by atoms with E-state index in [0.717, 1.165) is 0 Å². The highest BCUT2D eigenvalue weighted by Gasteiger charge is 2.16. The lowest BCUT2D eigenvalue weighted by molar-refractivity contribution is -0.147. The van der Waals surface area contributed by atoms with Crippen molar-refractivity contribution in [3.8, 4) is 11.8 Å². The minimum atomic E-state index is -1.63. The molecule has 0 bridgehead atoms. The molecular weight excluding hydrogens is 292 g/mol. The van der Waals surface area contributed by atoms with Crippen LogP contribution in [0.4, 0.5) is 5.69 Å². The Labute approximate surface area is 105 Å². The fourth-order valence-corrected chi connectivity index (χ4v) is 1.57. The highest BCUT2D eigenvalue weighted by Crippen LogP contribution is 2.30. The van der Waals surface area contributed by atoms with Gasteiger partial charge in [0, 0.05) is 4.47 Å². The molecule has 1 rings (SSSR count). The predicted octanol–water partition coefficient (Wildman–Crippen LogP) is 1.35. The fourth-order valence-electron chi connectivity index (χ4n) is 1.13. The van der Waals surface area contributed by atoms with E-state index in [4.69, 9.17) is 15.1 Å². The summed E-state index contributed by atoms with van der Waals surface area (Å²) in [6.45, 7) is 0. The molecule has 0 spiro atoms. The number of amides is 1. The van der Waals surface area contributed by atoms with Crippen LogP contribution in [0.1, 0.15) is 5.56 Å². The third-order valence-corrected chi connectivity index (χ3v) is 2.30. The monoisotopic (exact) mass is 298 g/mol. The van der Waals surface area contributed by atoms with Gasteiger partial charge in [-0.05, 0) is 12.1 Å². The van der Waals surface area contributed by atoms with Gasteiger partial charge in [-0.25, -0.2) is 4.79 Å². The van der Waals surface area contributed by atoms with Crippen LogP contribution >= 0.6 is 15.9 Å². The van der Waals surface area contributed by atoms with Gasteiger partial charge in [0.2, 0.25) is 0 Å². The number of ether oxygens (including phenoxy) is 1. The minimum Gasteiger partial charge on any atom is -0.495 e. The first-order valence-electron chi connectivity index (χ1n) is 4.31. The molecule has 1 aromatic rings. The lowest BCUT2D eigenvalue weighted by atomic mass is 10.1.